The third-order valence-corrected chi connectivity index (χ3v) is 6.78. The van der Waals surface area contributed by atoms with Gasteiger partial charge in [0.15, 0.2) is 0 Å². The van der Waals surface area contributed by atoms with Gasteiger partial charge in [-0.25, -0.2) is 8.42 Å². The maximum atomic E-state index is 12.8. The molecule has 0 bridgehead atoms. The second kappa shape index (κ2) is 5.72. The van der Waals surface area contributed by atoms with E-state index in [4.69, 9.17) is 28.9 Å². The van der Waals surface area contributed by atoms with Gasteiger partial charge in [0.1, 0.15) is 4.90 Å². The Morgan fingerprint density at radius 3 is 2.30 bits per heavy atom. The molecular weight excluding hydrogens is 319 g/mol. The summed E-state index contributed by atoms with van der Waals surface area (Å²) in [6.45, 7) is 3.83. The third-order valence-electron chi connectivity index (χ3n) is 3.76. The number of hydrogen-bond donors (Lipinski definition) is 1. The largest absolute Gasteiger partial charge is 0.396 e. The molecule has 7 heteroatoms. The number of nitrogens with two attached hydrogens (primary N) is 1. The zero-order chi connectivity index (χ0) is 15.1. The van der Waals surface area contributed by atoms with E-state index in [1.54, 1.807) is 0 Å². The molecule has 0 saturated carbocycles. The Labute approximate surface area is 129 Å². The highest BCUT2D eigenvalue weighted by Gasteiger charge is 2.37. The summed E-state index contributed by atoms with van der Waals surface area (Å²) in [7, 11) is -3.67. The Kier molecular flexibility index (Phi) is 4.54. The summed E-state index contributed by atoms with van der Waals surface area (Å²) in [5, 5.41) is 0.260. The molecule has 0 amide bonds. The third kappa shape index (κ3) is 2.64. The summed E-state index contributed by atoms with van der Waals surface area (Å²) in [5.41, 5.74) is 5.83. The molecule has 0 aliphatic carbocycles. The predicted octanol–water partition coefficient (Wildman–Crippen LogP) is 3.53. The summed E-state index contributed by atoms with van der Waals surface area (Å²) >= 11 is 11.9. The van der Waals surface area contributed by atoms with E-state index >= 15 is 0 Å². The van der Waals surface area contributed by atoms with Gasteiger partial charge in [-0.15, -0.1) is 0 Å². The second-order valence-corrected chi connectivity index (χ2v) is 7.83. The van der Waals surface area contributed by atoms with Crippen LogP contribution in [0.4, 0.5) is 5.69 Å². The zero-order valence-electron chi connectivity index (χ0n) is 11.4. The Morgan fingerprint density at radius 2 is 1.75 bits per heavy atom. The number of benzene rings is 1. The van der Waals surface area contributed by atoms with Gasteiger partial charge in [-0.1, -0.05) is 29.6 Å². The lowest BCUT2D eigenvalue weighted by molar-refractivity contribution is 0.204. The molecule has 0 spiro atoms. The lowest BCUT2D eigenvalue weighted by Gasteiger charge is -2.37. The summed E-state index contributed by atoms with van der Waals surface area (Å²) < 4.78 is 27.2. The first-order chi connectivity index (χ1) is 9.26. The van der Waals surface area contributed by atoms with Crippen LogP contribution in [-0.2, 0) is 10.0 Å². The van der Waals surface area contributed by atoms with Crippen molar-refractivity contribution in [2.45, 2.75) is 50.1 Å². The van der Waals surface area contributed by atoms with Gasteiger partial charge in [0, 0.05) is 12.1 Å². The fraction of sp³-hybridized carbons (Fsp3) is 0.538. The lowest BCUT2D eigenvalue weighted by atomic mass is 10.0. The molecular formula is C13H18Cl2N2O2S. The summed E-state index contributed by atoms with van der Waals surface area (Å²) in [6, 6.07) is 2.80. The van der Waals surface area contributed by atoms with Crippen LogP contribution in [0.3, 0.4) is 0 Å². The van der Waals surface area contributed by atoms with E-state index in [0.29, 0.717) is 0 Å². The molecule has 0 radical (unpaired) electrons. The molecule has 2 atom stereocenters. The van der Waals surface area contributed by atoms with Gasteiger partial charge >= 0.3 is 0 Å². The topological polar surface area (TPSA) is 63.4 Å². The van der Waals surface area contributed by atoms with Gasteiger partial charge in [0.05, 0.1) is 15.7 Å². The molecule has 1 aromatic carbocycles. The Hall–Kier alpha value is -0.490. The predicted molar refractivity (Wildman–Crippen MR) is 82.7 cm³/mol. The van der Waals surface area contributed by atoms with Crippen LogP contribution >= 0.6 is 23.2 Å². The molecule has 1 aliphatic rings. The van der Waals surface area contributed by atoms with Gasteiger partial charge < -0.3 is 5.73 Å². The highest BCUT2D eigenvalue weighted by Crippen LogP contribution is 2.37. The first-order valence-electron chi connectivity index (χ1n) is 6.53. The summed E-state index contributed by atoms with van der Waals surface area (Å²) in [5.74, 6) is 0. The number of anilines is 1. The highest BCUT2D eigenvalue weighted by molar-refractivity contribution is 7.89. The molecule has 2 N–H and O–H groups in total. The summed E-state index contributed by atoms with van der Waals surface area (Å²) in [6.07, 6.45) is 2.74. The molecule has 1 heterocycles. The van der Waals surface area contributed by atoms with E-state index in [1.807, 2.05) is 13.8 Å². The van der Waals surface area contributed by atoms with E-state index in [1.165, 1.54) is 16.4 Å². The number of nitrogens with zero attached hydrogens (tertiary/aromatic N) is 1. The van der Waals surface area contributed by atoms with Gasteiger partial charge in [0.2, 0.25) is 10.0 Å². The quantitative estimate of drug-likeness (QED) is 0.840. The molecule has 112 valence electrons. The van der Waals surface area contributed by atoms with E-state index in [-0.39, 0.29) is 32.7 Å². The van der Waals surface area contributed by atoms with Gasteiger partial charge in [-0.2, -0.15) is 4.31 Å². The smallest absolute Gasteiger partial charge is 0.245 e. The van der Waals surface area contributed by atoms with Crippen LogP contribution in [-0.4, -0.2) is 24.8 Å². The minimum atomic E-state index is -3.67. The van der Waals surface area contributed by atoms with Crippen molar-refractivity contribution < 1.29 is 8.42 Å². The minimum absolute atomic E-state index is 0.00229. The van der Waals surface area contributed by atoms with Crippen LogP contribution in [0.25, 0.3) is 0 Å². The highest BCUT2D eigenvalue weighted by atomic mass is 35.5. The minimum Gasteiger partial charge on any atom is -0.396 e. The van der Waals surface area contributed by atoms with E-state index < -0.39 is 10.0 Å². The first-order valence-corrected chi connectivity index (χ1v) is 8.73. The molecule has 2 rings (SSSR count). The second-order valence-electron chi connectivity index (χ2n) is 5.24. The number of halogens is 2. The number of hydrogen-bond acceptors (Lipinski definition) is 3. The van der Waals surface area contributed by atoms with Crippen LogP contribution < -0.4 is 5.73 Å². The van der Waals surface area contributed by atoms with Crippen LogP contribution in [0, 0.1) is 0 Å². The van der Waals surface area contributed by atoms with Crippen molar-refractivity contribution >= 4 is 38.9 Å². The molecule has 0 aromatic heterocycles. The molecule has 1 aliphatic heterocycles. The maximum Gasteiger partial charge on any atom is 0.245 e. The number of piperidine rings is 1. The maximum absolute atomic E-state index is 12.8. The Bertz CT molecular complexity index is 609. The van der Waals surface area contributed by atoms with Crippen molar-refractivity contribution in [3.63, 3.8) is 0 Å². The van der Waals surface area contributed by atoms with Gasteiger partial charge in [-0.3, -0.25) is 0 Å². The Balaban J connectivity index is 2.52. The number of sulfonamides is 1. The van der Waals surface area contributed by atoms with Crippen LogP contribution in [0.15, 0.2) is 17.0 Å². The number of nitrogen functional groups attached to an aromatic ring is 1. The van der Waals surface area contributed by atoms with Crippen molar-refractivity contribution in [2.75, 3.05) is 5.73 Å². The fourth-order valence-electron chi connectivity index (χ4n) is 2.73. The van der Waals surface area contributed by atoms with Gasteiger partial charge in [0.25, 0.3) is 0 Å². The average molecular weight is 337 g/mol. The molecule has 20 heavy (non-hydrogen) atoms. The van der Waals surface area contributed by atoms with Crippen LogP contribution in [0.5, 0.6) is 0 Å². The van der Waals surface area contributed by atoms with Crippen LogP contribution in [0.2, 0.25) is 10.0 Å². The monoisotopic (exact) mass is 336 g/mol. The summed E-state index contributed by atoms with van der Waals surface area (Å²) in [4.78, 5) is 0.0293. The Morgan fingerprint density at radius 1 is 1.20 bits per heavy atom. The van der Waals surface area contributed by atoms with Crippen molar-refractivity contribution in [1.82, 2.24) is 4.31 Å². The van der Waals surface area contributed by atoms with Crippen molar-refractivity contribution in [3.05, 3.63) is 22.2 Å². The lowest BCUT2D eigenvalue weighted by Crippen LogP contribution is -2.47. The van der Waals surface area contributed by atoms with Crippen LogP contribution in [0.1, 0.15) is 33.1 Å². The standard InChI is InChI=1S/C13H18Cl2N2O2S/c1-8-4-3-5-9(2)17(8)20(18,19)11-7-6-10(14)13(16)12(11)15/h6-9H,3-5,16H2,1-2H3/t8-,9+. The molecule has 4 nitrogen and oxygen atoms in total. The van der Waals surface area contributed by atoms with E-state index in [2.05, 4.69) is 0 Å². The molecule has 1 fully saturated rings. The fourth-order valence-corrected chi connectivity index (χ4v) is 5.36. The van der Waals surface area contributed by atoms with Crippen molar-refractivity contribution in [1.29, 1.82) is 0 Å². The normalized spacial score (nSPS) is 24.8. The molecule has 1 saturated heterocycles. The SMILES string of the molecule is C[C@@H]1CCC[C@H](C)N1S(=O)(=O)c1ccc(Cl)c(N)c1Cl. The van der Waals surface area contributed by atoms with E-state index in [9.17, 15) is 8.42 Å². The van der Waals surface area contributed by atoms with Gasteiger partial charge in [-0.05, 0) is 38.8 Å². The molecule has 0 unspecified atom stereocenters. The van der Waals surface area contributed by atoms with Crippen molar-refractivity contribution in [2.24, 2.45) is 0 Å². The average Bonchev–Trinajstić information content (AvgIpc) is 2.35. The van der Waals surface area contributed by atoms with E-state index in [0.717, 1.165) is 19.3 Å². The van der Waals surface area contributed by atoms with Crippen molar-refractivity contribution in [3.8, 4) is 0 Å². The number of rotatable bonds is 2. The zero-order valence-corrected chi connectivity index (χ0v) is 13.8. The first kappa shape index (κ1) is 15.9. The molecule has 1 aromatic rings.